The monoisotopic (exact) mass is 197 g/mol. The fraction of sp³-hybridized carbons (Fsp3) is 0.625. The zero-order valence-electron chi connectivity index (χ0n) is 7.80. The molecule has 0 unspecified atom stereocenters. The van der Waals surface area contributed by atoms with Crippen LogP contribution in [0.3, 0.4) is 0 Å². The molecule has 1 aromatic heterocycles. The van der Waals surface area contributed by atoms with Crippen molar-refractivity contribution in [2.24, 2.45) is 0 Å². The fourth-order valence-corrected chi connectivity index (χ4v) is 1.29. The van der Waals surface area contributed by atoms with Gasteiger partial charge in [0, 0.05) is 6.04 Å². The summed E-state index contributed by atoms with van der Waals surface area (Å²) >= 11 is 0. The van der Waals surface area contributed by atoms with Gasteiger partial charge < -0.3 is 14.5 Å². The number of carboxylic acids is 1. The van der Waals surface area contributed by atoms with Gasteiger partial charge in [0.15, 0.2) is 5.82 Å². The van der Waals surface area contributed by atoms with Crippen LogP contribution < -0.4 is 4.90 Å². The van der Waals surface area contributed by atoms with Gasteiger partial charge in [-0.1, -0.05) is 5.16 Å². The van der Waals surface area contributed by atoms with Crippen molar-refractivity contribution in [1.29, 1.82) is 0 Å². The van der Waals surface area contributed by atoms with Crippen LogP contribution in [0.15, 0.2) is 4.52 Å². The maximum absolute atomic E-state index is 10.6. The maximum atomic E-state index is 10.6. The molecule has 0 amide bonds. The molecule has 0 aliphatic heterocycles. The minimum absolute atomic E-state index is 0.0771. The predicted molar refractivity (Wildman–Crippen MR) is 47.0 cm³/mol. The summed E-state index contributed by atoms with van der Waals surface area (Å²) in [5.41, 5.74) is 0. The van der Waals surface area contributed by atoms with E-state index in [9.17, 15) is 4.79 Å². The van der Waals surface area contributed by atoms with E-state index in [4.69, 9.17) is 9.63 Å². The van der Waals surface area contributed by atoms with E-state index in [0.29, 0.717) is 11.8 Å². The van der Waals surface area contributed by atoms with Crippen LogP contribution in [-0.2, 0) is 4.79 Å². The molecule has 14 heavy (non-hydrogen) atoms. The van der Waals surface area contributed by atoms with E-state index in [-0.39, 0.29) is 12.6 Å². The Kier molecular flexibility index (Phi) is 2.11. The van der Waals surface area contributed by atoms with Crippen molar-refractivity contribution in [3.05, 3.63) is 5.82 Å². The van der Waals surface area contributed by atoms with E-state index in [0.717, 1.165) is 12.8 Å². The van der Waals surface area contributed by atoms with E-state index in [1.807, 2.05) is 0 Å². The highest BCUT2D eigenvalue weighted by atomic mass is 16.5. The summed E-state index contributed by atoms with van der Waals surface area (Å²) in [6, 6.07) is 0.568. The standard InChI is InChI=1S/C8H11N3O3/c1-5-9-8(14-10-5)11(4-7(12)13)6-2-3-6/h6H,2-4H2,1H3,(H,12,13). The highest BCUT2D eigenvalue weighted by Gasteiger charge is 2.33. The van der Waals surface area contributed by atoms with Gasteiger partial charge in [0.1, 0.15) is 6.54 Å². The number of aromatic nitrogens is 2. The molecule has 0 aromatic carbocycles. The van der Waals surface area contributed by atoms with Crippen LogP contribution >= 0.6 is 0 Å². The summed E-state index contributed by atoms with van der Waals surface area (Å²) in [5, 5.41) is 12.3. The lowest BCUT2D eigenvalue weighted by molar-refractivity contribution is -0.135. The van der Waals surface area contributed by atoms with Crippen LogP contribution in [-0.4, -0.2) is 33.8 Å². The van der Waals surface area contributed by atoms with Crippen molar-refractivity contribution in [2.75, 3.05) is 11.4 Å². The Balaban J connectivity index is 2.13. The second-order valence-corrected chi connectivity index (χ2v) is 3.38. The minimum atomic E-state index is -0.882. The number of aliphatic carboxylic acids is 1. The third-order valence-electron chi connectivity index (χ3n) is 2.06. The third-order valence-corrected chi connectivity index (χ3v) is 2.06. The van der Waals surface area contributed by atoms with Gasteiger partial charge in [-0.25, -0.2) is 0 Å². The first-order chi connectivity index (χ1) is 6.66. The summed E-state index contributed by atoms with van der Waals surface area (Å²) in [6.07, 6.45) is 1.99. The number of hydrogen-bond acceptors (Lipinski definition) is 5. The normalized spacial score (nSPS) is 15.5. The summed E-state index contributed by atoms with van der Waals surface area (Å²) in [5.74, 6) is -0.358. The van der Waals surface area contributed by atoms with Crippen LogP contribution in [0.5, 0.6) is 0 Å². The highest BCUT2D eigenvalue weighted by Crippen LogP contribution is 2.30. The lowest BCUT2D eigenvalue weighted by atomic mass is 10.5. The molecular formula is C8H11N3O3. The number of rotatable bonds is 4. The quantitative estimate of drug-likeness (QED) is 0.754. The van der Waals surface area contributed by atoms with E-state index in [2.05, 4.69) is 10.1 Å². The fourth-order valence-electron chi connectivity index (χ4n) is 1.29. The minimum Gasteiger partial charge on any atom is -0.480 e. The number of carbonyl (C=O) groups is 1. The Bertz CT molecular complexity index is 345. The van der Waals surface area contributed by atoms with E-state index in [1.54, 1.807) is 11.8 Å². The topological polar surface area (TPSA) is 79.5 Å². The van der Waals surface area contributed by atoms with Crippen molar-refractivity contribution in [1.82, 2.24) is 10.1 Å². The summed E-state index contributed by atoms with van der Waals surface area (Å²) in [6.45, 7) is 1.63. The lowest BCUT2D eigenvalue weighted by Gasteiger charge is -2.15. The number of carboxylic acid groups (broad SMARTS) is 1. The molecule has 1 heterocycles. The van der Waals surface area contributed by atoms with Gasteiger partial charge in [-0.3, -0.25) is 4.79 Å². The van der Waals surface area contributed by atoms with Crippen LogP contribution in [0.2, 0.25) is 0 Å². The molecule has 2 rings (SSSR count). The van der Waals surface area contributed by atoms with E-state index < -0.39 is 5.97 Å². The van der Waals surface area contributed by atoms with E-state index >= 15 is 0 Å². The molecular weight excluding hydrogens is 186 g/mol. The molecule has 76 valence electrons. The van der Waals surface area contributed by atoms with Crippen molar-refractivity contribution in [3.63, 3.8) is 0 Å². The average molecular weight is 197 g/mol. The molecule has 6 nitrogen and oxygen atoms in total. The van der Waals surface area contributed by atoms with E-state index in [1.165, 1.54) is 0 Å². The second kappa shape index (κ2) is 3.28. The smallest absolute Gasteiger partial charge is 0.324 e. The third kappa shape index (κ3) is 1.84. The molecule has 0 bridgehead atoms. The molecule has 1 aliphatic carbocycles. The Labute approximate surface area is 80.5 Å². The first-order valence-corrected chi connectivity index (χ1v) is 4.45. The van der Waals surface area contributed by atoms with Crippen LogP contribution in [0.4, 0.5) is 6.01 Å². The van der Waals surface area contributed by atoms with Crippen molar-refractivity contribution >= 4 is 12.0 Å². The van der Waals surface area contributed by atoms with Crippen LogP contribution in [0, 0.1) is 6.92 Å². The van der Waals surface area contributed by atoms with Crippen molar-refractivity contribution < 1.29 is 14.4 Å². The Morgan fingerprint density at radius 1 is 1.71 bits per heavy atom. The van der Waals surface area contributed by atoms with Crippen LogP contribution in [0.1, 0.15) is 18.7 Å². The number of anilines is 1. The van der Waals surface area contributed by atoms with Gasteiger partial charge in [-0.05, 0) is 19.8 Å². The largest absolute Gasteiger partial charge is 0.480 e. The molecule has 6 heteroatoms. The predicted octanol–water partition coefficient (Wildman–Crippen LogP) is 0.431. The summed E-state index contributed by atoms with van der Waals surface area (Å²) in [4.78, 5) is 16.2. The first kappa shape index (κ1) is 8.98. The zero-order chi connectivity index (χ0) is 10.1. The SMILES string of the molecule is Cc1noc(N(CC(=O)O)C2CC2)n1. The molecule has 0 atom stereocenters. The zero-order valence-corrected chi connectivity index (χ0v) is 7.80. The van der Waals surface area contributed by atoms with Crippen LogP contribution in [0.25, 0.3) is 0 Å². The first-order valence-electron chi connectivity index (χ1n) is 4.45. The number of hydrogen-bond donors (Lipinski definition) is 1. The maximum Gasteiger partial charge on any atom is 0.324 e. The molecule has 0 radical (unpaired) electrons. The summed E-state index contributed by atoms with van der Waals surface area (Å²) < 4.78 is 4.93. The Morgan fingerprint density at radius 2 is 2.43 bits per heavy atom. The molecule has 1 aliphatic rings. The van der Waals surface area contributed by atoms with Crippen molar-refractivity contribution in [3.8, 4) is 0 Å². The highest BCUT2D eigenvalue weighted by molar-refractivity contribution is 5.72. The summed E-state index contributed by atoms with van der Waals surface area (Å²) in [7, 11) is 0. The molecule has 0 saturated heterocycles. The number of nitrogens with zero attached hydrogens (tertiary/aromatic N) is 3. The van der Waals surface area contributed by atoms with Gasteiger partial charge in [0.05, 0.1) is 0 Å². The molecule has 1 N–H and O–H groups in total. The van der Waals surface area contributed by atoms with Gasteiger partial charge >= 0.3 is 12.0 Å². The van der Waals surface area contributed by atoms with Gasteiger partial charge in [0.25, 0.3) is 0 Å². The molecule has 0 spiro atoms. The van der Waals surface area contributed by atoms with Gasteiger partial charge in [-0.15, -0.1) is 0 Å². The molecule has 1 fully saturated rings. The Morgan fingerprint density at radius 3 is 2.86 bits per heavy atom. The van der Waals surface area contributed by atoms with Crippen molar-refractivity contribution in [2.45, 2.75) is 25.8 Å². The average Bonchev–Trinajstić information content (AvgIpc) is 2.85. The second-order valence-electron chi connectivity index (χ2n) is 3.38. The molecule has 1 aromatic rings. The van der Waals surface area contributed by atoms with Gasteiger partial charge in [-0.2, -0.15) is 4.98 Å². The van der Waals surface area contributed by atoms with Gasteiger partial charge in [0.2, 0.25) is 0 Å². The number of aryl methyl sites for hydroxylation is 1. The molecule has 1 saturated carbocycles. The Hall–Kier alpha value is -1.59. The lowest BCUT2D eigenvalue weighted by Crippen LogP contribution is -2.31.